The fraction of sp³-hybridized carbons (Fsp3) is 0.625. The highest BCUT2D eigenvalue weighted by Crippen LogP contribution is 2.06. The van der Waals surface area contributed by atoms with Gasteiger partial charge < -0.3 is 0 Å². The third-order valence-corrected chi connectivity index (χ3v) is 1.93. The Balaban J connectivity index is 3.50. The molecule has 0 aliphatic heterocycles. The van der Waals surface area contributed by atoms with Crippen molar-refractivity contribution in [3.63, 3.8) is 0 Å². The monoisotopic (exact) mass is 203 g/mol. The van der Waals surface area contributed by atoms with Gasteiger partial charge in [-0.15, -0.1) is 9.24 Å². The van der Waals surface area contributed by atoms with Crippen molar-refractivity contribution in [2.45, 2.75) is 31.8 Å². The highest BCUT2D eigenvalue weighted by molar-refractivity contribution is 7.19. The molecule has 0 aromatic rings. The van der Waals surface area contributed by atoms with Crippen LogP contribution in [0.2, 0.25) is 0 Å². The molecule has 0 aliphatic rings. The van der Waals surface area contributed by atoms with Gasteiger partial charge in [-0.1, -0.05) is 6.92 Å². The van der Waals surface area contributed by atoms with Crippen molar-refractivity contribution in [1.29, 1.82) is 0 Å². The Hall–Kier alpha value is -0.760. The lowest BCUT2D eigenvalue weighted by molar-refractivity contribution is -0.125. The average Bonchev–Trinajstić information content (AvgIpc) is 2.04. The molecule has 13 heavy (non-hydrogen) atoms. The number of rotatable bonds is 6. The normalized spacial score (nSPS) is 11.8. The van der Waals surface area contributed by atoms with Crippen molar-refractivity contribution in [3.05, 3.63) is 0 Å². The third-order valence-electron chi connectivity index (χ3n) is 1.55. The number of Topliss-reactive ketones (excluding diaryl/α,β-unsaturated/α-hetero) is 1. The van der Waals surface area contributed by atoms with E-state index in [0.717, 1.165) is 0 Å². The Morgan fingerprint density at radius 3 is 2.54 bits per heavy atom. The summed E-state index contributed by atoms with van der Waals surface area (Å²) < 4.78 is 0. The standard InChI is InChI=1S/C8H14NO3P/c1-6(13)7(11)3-2-4-8(12)9-5-10/h5-6H,2-4,13H2,1H3,(H,9,10,12). The molecule has 0 aromatic heterocycles. The third kappa shape index (κ3) is 6.41. The van der Waals surface area contributed by atoms with Gasteiger partial charge in [0.15, 0.2) is 0 Å². The van der Waals surface area contributed by atoms with Gasteiger partial charge in [0.05, 0.1) is 0 Å². The van der Waals surface area contributed by atoms with Crippen LogP contribution in [0.5, 0.6) is 0 Å². The first-order chi connectivity index (χ1) is 6.07. The van der Waals surface area contributed by atoms with Crippen LogP contribution in [0.4, 0.5) is 0 Å². The van der Waals surface area contributed by atoms with Gasteiger partial charge in [-0.05, 0) is 6.42 Å². The van der Waals surface area contributed by atoms with Crippen LogP contribution in [-0.4, -0.2) is 23.8 Å². The molecule has 1 N–H and O–H groups in total. The maximum absolute atomic E-state index is 11.1. The summed E-state index contributed by atoms with van der Waals surface area (Å²) in [7, 11) is 2.41. The smallest absolute Gasteiger partial charge is 0.226 e. The number of hydrogen-bond donors (Lipinski definition) is 1. The SMILES string of the molecule is CC(P)C(=O)CCCC(=O)NC=O. The second-order valence-corrected chi connectivity index (χ2v) is 3.79. The molecule has 0 saturated heterocycles. The molecular weight excluding hydrogens is 189 g/mol. The molecule has 0 heterocycles. The van der Waals surface area contributed by atoms with Crippen molar-refractivity contribution >= 4 is 27.3 Å². The lowest BCUT2D eigenvalue weighted by Crippen LogP contribution is -2.21. The highest BCUT2D eigenvalue weighted by Gasteiger charge is 2.07. The van der Waals surface area contributed by atoms with E-state index in [2.05, 4.69) is 9.24 Å². The van der Waals surface area contributed by atoms with Crippen molar-refractivity contribution in [1.82, 2.24) is 5.32 Å². The van der Waals surface area contributed by atoms with Gasteiger partial charge in [0, 0.05) is 18.5 Å². The van der Waals surface area contributed by atoms with E-state index in [1.807, 2.05) is 5.32 Å². The summed E-state index contributed by atoms with van der Waals surface area (Å²) in [6.07, 6.45) is 1.46. The molecule has 0 aromatic carbocycles. The molecule has 0 fully saturated rings. The van der Waals surface area contributed by atoms with E-state index in [4.69, 9.17) is 0 Å². The Morgan fingerprint density at radius 2 is 2.08 bits per heavy atom. The minimum absolute atomic E-state index is 0.0610. The summed E-state index contributed by atoms with van der Waals surface area (Å²) >= 11 is 0. The summed E-state index contributed by atoms with van der Waals surface area (Å²) in [5.41, 5.74) is -0.0610. The van der Waals surface area contributed by atoms with Crippen molar-refractivity contribution in [3.8, 4) is 0 Å². The van der Waals surface area contributed by atoms with Gasteiger partial charge in [0.25, 0.3) is 0 Å². The molecule has 2 amide bonds. The molecule has 0 saturated carbocycles. The first kappa shape index (κ1) is 12.2. The molecule has 2 atom stereocenters. The quantitative estimate of drug-likeness (QED) is 0.497. The maximum atomic E-state index is 11.1. The van der Waals surface area contributed by atoms with Crippen LogP contribution >= 0.6 is 9.24 Å². The minimum Gasteiger partial charge on any atom is -0.299 e. The van der Waals surface area contributed by atoms with Crippen LogP contribution in [0.3, 0.4) is 0 Å². The van der Waals surface area contributed by atoms with Crippen molar-refractivity contribution < 1.29 is 14.4 Å². The Morgan fingerprint density at radius 1 is 1.46 bits per heavy atom. The van der Waals surface area contributed by atoms with Gasteiger partial charge in [0.2, 0.25) is 12.3 Å². The number of nitrogens with one attached hydrogen (secondary N) is 1. The van der Waals surface area contributed by atoms with Crippen LogP contribution in [0.15, 0.2) is 0 Å². The van der Waals surface area contributed by atoms with Crippen LogP contribution < -0.4 is 5.32 Å². The lowest BCUT2D eigenvalue weighted by Gasteiger charge is -2.02. The Labute approximate surface area is 79.7 Å². The number of ketones is 1. The van der Waals surface area contributed by atoms with Crippen LogP contribution in [0.1, 0.15) is 26.2 Å². The largest absolute Gasteiger partial charge is 0.299 e. The molecule has 5 heteroatoms. The fourth-order valence-corrected chi connectivity index (χ4v) is 0.955. The molecular formula is C8H14NO3P. The van der Waals surface area contributed by atoms with E-state index in [0.29, 0.717) is 19.3 Å². The zero-order valence-corrected chi connectivity index (χ0v) is 8.73. The second-order valence-electron chi connectivity index (χ2n) is 2.79. The van der Waals surface area contributed by atoms with E-state index < -0.39 is 0 Å². The van der Waals surface area contributed by atoms with Crippen molar-refractivity contribution in [2.24, 2.45) is 0 Å². The molecule has 4 nitrogen and oxygen atoms in total. The summed E-state index contributed by atoms with van der Waals surface area (Å²) in [5.74, 6) is -0.219. The molecule has 74 valence electrons. The first-order valence-electron chi connectivity index (χ1n) is 4.09. The average molecular weight is 203 g/mol. The second kappa shape index (κ2) is 6.72. The molecule has 0 radical (unpaired) electrons. The summed E-state index contributed by atoms with van der Waals surface area (Å²) in [4.78, 5) is 31.6. The predicted octanol–water partition coefficient (Wildman–Crippen LogP) is 0.262. The van der Waals surface area contributed by atoms with Crippen LogP contribution in [0, 0.1) is 0 Å². The Bertz CT molecular complexity index is 204. The van der Waals surface area contributed by atoms with E-state index in [-0.39, 0.29) is 23.8 Å². The highest BCUT2D eigenvalue weighted by atomic mass is 31.0. The Kier molecular flexibility index (Phi) is 6.33. The predicted molar refractivity (Wildman–Crippen MR) is 52.2 cm³/mol. The summed E-state index contributed by atoms with van der Waals surface area (Å²) in [6, 6.07) is 0. The van der Waals surface area contributed by atoms with Crippen LogP contribution in [-0.2, 0) is 14.4 Å². The van der Waals surface area contributed by atoms with Gasteiger partial charge in [-0.25, -0.2) is 0 Å². The molecule has 0 bridgehead atoms. The lowest BCUT2D eigenvalue weighted by atomic mass is 10.1. The van der Waals surface area contributed by atoms with E-state index in [1.165, 1.54) is 0 Å². The molecule has 0 spiro atoms. The van der Waals surface area contributed by atoms with Gasteiger partial charge in [-0.3, -0.25) is 19.7 Å². The molecule has 0 rings (SSSR count). The topological polar surface area (TPSA) is 63.2 Å². The van der Waals surface area contributed by atoms with Gasteiger partial charge >= 0.3 is 0 Å². The number of amides is 2. The van der Waals surface area contributed by atoms with Gasteiger partial charge in [0.1, 0.15) is 5.78 Å². The fourth-order valence-electron chi connectivity index (χ4n) is 0.789. The zero-order valence-electron chi connectivity index (χ0n) is 7.58. The number of hydrogen-bond acceptors (Lipinski definition) is 3. The summed E-state index contributed by atoms with van der Waals surface area (Å²) in [6.45, 7) is 1.79. The summed E-state index contributed by atoms with van der Waals surface area (Å²) in [5, 5.41) is 2.01. The number of carbonyl (C=O) groups is 3. The van der Waals surface area contributed by atoms with E-state index >= 15 is 0 Å². The molecule has 2 unspecified atom stereocenters. The van der Waals surface area contributed by atoms with E-state index in [9.17, 15) is 14.4 Å². The van der Waals surface area contributed by atoms with Gasteiger partial charge in [-0.2, -0.15) is 0 Å². The zero-order chi connectivity index (χ0) is 10.3. The maximum Gasteiger partial charge on any atom is 0.226 e. The van der Waals surface area contributed by atoms with Crippen molar-refractivity contribution in [2.75, 3.05) is 0 Å². The minimum atomic E-state index is -0.334. The molecule has 0 aliphatic carbocycles. The number of carbonyl (C=O) groups excluding carboxylic acids is 3. The first-order valence-corrected chi connectivity index (χ1v) is 4.76. The van der Waals surface area contributed by atoms with Crippen LogP contribution in [0.25, 0.3) is 0 Å². The number of imide groups is 1. The van der Waals surface area contributed by atoms with E-state index in [1.54, 1.807) is 6.92 Å².